The van der Waals surface area contributed by atoms with Gasteiger partial charge in [0, 0.05) is 19.3 Å². The number of ether oxygens (including phenoxy) is 1. The number of carbonyl (C=O) groups excluding carboxylic acids is 1. The summed E-state index contributed by atoms with van der Waals surface area (Å²) in [5, 5.41) is 12.3. The summed E-state index contributed by atoms with van der Waals surface area (Å²) in [7, 11) is 0. The van der Waals surface area contributed by atoms with Crippen LogP contribution in [-0.4, -0.2) is 51.0 Å². The molecule has 1 N–H and O–H groups in total. The molecule has 1 aliphatic heterocycles. The number of rotatable bonds is 4. The number of hydrogen-bond acceptors (Lipinski definition) is 4. The molecule has 1 aliphatic carbocycles. The Kier molecular flexibility index (Phi) is 5.69. The number of carboxylic acid groups (broad SMARTS) is 1. The average Bonchev–Trinajstić information content (AvgIpc) is 3.39. The molecule has 1 saturated heterocycles. The van der Waals surface area contributed by atoms with Crippen LogP contribution >= 0.6 is 11.6 Å². The van der Waals surface area contributed by atoms with Gasteiger partial charge in [0.25, 0.3) is 0 Å². The second-order valence-electron chi connectivity index (χ2n) is 7.83. The zero-order valence-electron chi connectivity index (χ0n) is 16.2. The standard InChI is InChI=1S/C20H19ClF3N3O4/c21-15-3-1-2-11(17(15)20(22,23)24)10-31-14-6-12-8-26(9-13(12)7-14)19(30)27-5-4-16(25-27)18(28)29/h1-5,12-14H,6-10H2,(H,28,29)/t12-,13+,14?. The smallest absolute Gasteiger partial charge is 0.418 e. The highest BCUT2D eigenvalue weighted by atomic mass is 35.5. The van der Waals surface area contributed by atoms with Crippen molar-refractivity contribution < 1.29 is 32.6 Å². The summed E-state index contributed by atoms with van der Waals surface area (Å²) in [6.07, 6.45) is -2.17. The lowest BCUT2D eigenvalue weighted by molar-refractivity contribution is -0.139. The minimum absolute atomic E-state index is 0.00165. The molecule has 1 aromatic carbocycles. The molecule has 7 nitrogen and oxygen atoms in total. The number of benzene rings is 1. The minimum Gasteiger partial charge on any atom is -0.476 e. The number of hydrogen-bond donors (Lipinski definition) is 1. The van der Waals surface area contributed by atoms with Gasteiger partial charge in [-0.3, -0.25) is 0 Å². The first-order chi connectivity index (χ1) is 14.6. The maximum atomic E-state index is 13.3. The topological polar surface area (TPSA) is 84.7 Å². The molecular weight excluding hydrogens is 439 g/mol. The SMILES string of the molecule is O=C(O)c1ccn(C(=O)N2C[C@H]3CC(OCc4cccc(Cl)c4C(F)(F)F)C[C@H]3C2)n1. The Morgan fingerprint density at radius 2 is 1.87 bits per heavy atom. The number of likely N-dealkylation sites (tertiary alicyclic amines) is 1. The molecule has 0 spiro atoms. The third-order valence-corrected chi connectivity index (χ3v) is 6.16. The molecule has 1 amide bonds. The quantitative estimate of drug-likeness (QED) is 0.745. The lowest BCUT2D eigenvalue weighted by Crippen LogP contribution is -2.34. The van der Waals surface area contributed by atoms with Crippen LogP contribution in [-0.2, 0) is 17.5 Å². The van der Waals surface area contributed by atoms with Crippen molar-refractivity contribution in [1.29, 1.82) is 0 Å². The van der Waals surface area contributed by atoms with Crippen LogP contribution in [0, 0.1) is 11.8 Å². The molecule has 0 bridgehead atoms. The van der Waals surface area contributed by atoms with Gasteiger partial charge in [-0.1, -0.05) is 23.7 Å². The van der Waals surface area contributed by atoms with Crippen molar-refractivity contribution in [3.05, 3.63) is 52.3 Å². The maximum absolute atomic E-state index is 13.3. The molecule has 4 rings (SSSR count). The summed E-state index contributed by atoms with van der Waals surface area (Å²) >= 11 is 5.75. The van der Waals surface area contributed by atoms with E-state index in [1.54, 1.807) is 4.90 Å². The molecular formula is C20H19ClF3N3O4. The Morgan fingerprint density at radius 3 is 2.45 bits per heavy atom. The van der Waals surface area contributed by atoms with Crippen molar-refractivity contribution in [2.45, 2.75) is 31.7 Å². The first-order valence-corrected chi connectivity index (χ1v) is 10.1. The maximum Gasteiger partial charge on any atom is 0.418 e. The van der Waals surface area contributed by atoms with E-state index in [0.717, 1.165) is 4.68 Å². The molecule has 2 aromatic rings. The zero-order valence-corrected chi connectivity index (χ0v) is 16.9. The van der Waals surface area contributed by atoms with Crippen molar-refractivity contribution in [2.24, 2.45) is 11.8 Å². The lowest BCUT2D eigenvalue weighted by atomic mass is 10.0. The van der Waals surface area contributed by atoms with Crippen molar-refractivity contribution in [1.82, 2.24) is 14.7 Å². The van der Waals surface area contributed by atoms with Gasteiger partial charge in [-0.15, -0.1) is 0 Å². The summed E-state index contributed by atoms with van der Waals surface area (Å²) < 4.78 is 46.6. The number of amides is 1. The Labute approximate surface area is 180 Å². The van der Waals surface area contributed by atoms with Crippen LogP contribution in [0.4, 0.5) is 18.0 Å². The molecule has 1 unspecified atom stereocenters. The van der Waals surface area contributed by atoms with E-state index in [9.17, 15) is 22.8 Å². The van der Waals surface area contributed by atoms with E-state index in [2.05, 4.69) is 5.10 Å². The predicted octanol–water partition coefficient (Wildman–Crippen LogP) is 4.15. The van der Waals surface area contributed by atoms with Crippen molar-refractivity contribution in [2.75, 3.05) is 13.1 Å². The van der Waals surface area contributed by atoms with Gasteiger partial charge < -0.3 is 14.7 Å². The average molecular weight is 458 g/mol. The van der Waals surface area contributed by atoms with Gasteiger partial charge in [0.15, 0.2) is 5.69 Å². The number of nitrogens with zero attached hydrogens (tertiary/aromatic N) is 3. The third-order valence-electron chi connectivity index (χ3n) is 5.84. The van der Waals surface area contributed by atoms with Crippen LogP contribution in [0.25, 0.3) is 0 Å². The van der Waals surface area contributed by atoms with E-state index in [0.29, 0.717) is 25.9 Å². The number of carboxylic acids is 1. The second kappa shape index (κ2) is 8.16. The fourth-order valence-corrected chi connectivity index (χ4v) is 4.74. The molecule has 0 radical (unpaired) electrons. The molecule has 11 heteroatoms. The van der Waals surface area contributed by atoms with Gasteiger partial charge in [-0.05, 0) is 42.4 Å². The van der Waals surface area contributed by atoms with E-state index >= 15 is 0 Å². The summed E-state index contributed by atoms with van der Waals surface area (Å²) in [6.45, 7) is 0.751. The van der Waals surface area contributed by atoms with E-state index in [-0.39, 0.29) is 40.8 Å². The van der Waals surface area contributed by atoms with Gasteiger partial charge >= 0.3 is 18.2 Å². The van der Waals surface area contributed by atoms with Gasteiger partial charge in [0.2, 0.25) is 0 Å². The second-order valence-corrected chi connectivity index (χ2v) is 8.24. The highest BCUT2D eigenvalue weighted by molar-refractivity contribution is 6.31. The molecule has 2 aliphatic rings. The highest BCUT2D eigenvalue weighted by Crippen LogP contribution is 2.41. The number of halogens is 4. The zero-order chi connectivity index (χ0) is 22.3. The van der Waals surface area contributed by atoms with Gasteiger partial charge in [0.1, 0.15) is 0 Å². The fourth-order valence-electron chi connectivity index (χ4n) is 4.44. The third kappa shape index (κ3) is 4.40. The number of fused-ring (bicyclic) bond motifs is 1. The summed E-state index contributed by atoms with van der Waals surface area (Å²) in [6, 6.07) is 4.90. The monoisotopic (exact) mass is 457 g/mol. The Balaban J connectivity index is 1.34. The van der Waals surface area contributed by atoms with E-state index in [4.69, 9.17) is 21.4 Å². The summed E-state index contributed by atoms with van der Waals surface area (Å²) in [5.74, 6) is -0.868. The molecule has 166 valence electrons. The van der Waals surface area contributed by atoms with Crippen LogP contribution in [0.1, 0.15) is 34.5 Å². The largest absolute Gasteiger partial charge is 0.476 e. The van der Waals surface area contributed by atoms with Crippen LogP contribution in [0.3, 0.4) is 0 Å². The first-order valence-electron chi connectivity index (χ1n) is 9.68. The molecule has 1 aromatic heterocycles. The summed E-state index contributed by atoms with van der Waals surface area (Å²) in [5.41, 5.74) is -1.08. The molecule has 1 saturated carbocycles. The predicted molar refractivity (Wildman–Crippen MR) is 103 cm³/mol. The summed E-state index contributed by atoms with van der Waals surface area (Å²) in [4.78, 5) is 25.1. The lowest BCUT2D eigenvalue weighted by Gasteiger charge is -2.20. The van der Waals surface area contributed by atoms with Crippen molar-refractivity contribution in [3.8, 4) is 0 Å². The number of alkyl halides is 3. The Morgan fingerprint density at radius 1 is 1.19 bits per heavy atom. The van der Waals surface area contributed by atoms with Gasteiger partial charge in [-0.2, -0.15) is 23.0 Å². The van der Waals surface area contributed by atoms with Crippen LogP contribution in [0.5, 0.6) is 0 Å². The van der Waals surface area contributed by atoms with E-state index in [1.165, 1.54) is 30.5 Å². The molecule has 2 heterocycles. The van der Waals surface area contributed by atoms with Crippen LogP contribution in [0.2, 0.25) is 5.02 Å². The minimum atomic E-state index is -4.56. The number of aromatic nitrogens is 2. The van der Waals surface area contributed by atoms with Crippen molar-refractivity contribution in [3.63, 3.8) is 0 Å². The van der Waals surface area contributed by atoms with Gasteiger partial charge in [-0.25, -0.2) is 9.59 Å². The van der Waals surface area contributed by atoms with Gasteiger partial charge in [0.05, 0.1) is 23.3 Å². The number of carbonyl (C=O) groups is 2. The first kappa shape index (κ1) is 21.6. The normalized spacial score (nSPS) is 23.2. The van der Waals surface area contributed by atoms with Crippen LogP contribution < -0.4 is 0 Å². The van der Waals surface area contributed by atoms with E-state index < -0.39 is 23.7 Å². The molecule has 3 atom stereocenters. The Bertz CT molecular complexity index is 996. The number of aromatic carboxylic acids is 1. The Hall–Kier alpha value is -2.59. The van der Waals surface area contributed by atoms with Crippen molar-refractivity contribution >= 4 is 23.6 Å². The highest BCUT2D eigenvalue weighted by Gasteiger charge is 2.43. The fraction of sp³-hybridized carbons (Fsp3) is 0.450. The molecule has 31 heavy (non-hydrogen) atoms. The van der Waals surface area contributed by atoms with E-state index in [1.807, 2.05) is 0 Å². The molecule has 2 fully saturated rings. The van der Waals surface area contributed by atoms with Crippen LogP contribution in [0.15, 0.2) is 30.5 Å².